The highest BCUT2D eigenvalue weighted by atomic mass is 32.1. The smallest absolute Gasteiger partial charge is 0.225 e. The third-order valence-corrected chi connectivity index (χ3v) is 5.51. The SMILES string of the molecule is CCc1nc(N2CCCN(C(=O)C3CC3)CC2)c2ccsc2n1. The number of aromatic nitrogens is 2. The first-order valence-electron chi connectivity index (χ1n) is 8.54. The maximum atomic E-state index is 12.3. The Bertz CT molecular complexity index is 724. The molecule has 0 radical (unpaired) electrons. The molecule has 1 amide bonds. The van der Waals surface area contributed by atoms with E-state index in [4.69, 9.17) is 4.98 Å². The first-order chi connectivity index (χ1) is 11.3. The fourth-order valence-electron chi connectivity index (χ4n) is 3.22. The minimum Gasteiger partial charge on any atom is -0.354 e. The highest BCUT2D eigenvalue weighted by Gasteiger charge is 2.34. The zero-order valence-electron chi connectivity index (χ0n) is 13.5. The summed E-state index contributed by atoms with van der Waals surface area (Å²) in [5.74, 6) is 2.64. The maximum Gasteiger partial charge on any atom is 0.225 e. The number of hydrogen-bond donors (Lipinski definition) is 0. The summed E-state index contributed by atoms with van der Waals surface area (Å²) in [4.78, 5) is 27.2. The Morgan fingerprint density at radius 1 is 1.26 bits per heavy atom. The predicted octanol–water partition coefficient (Wildman–Crippen LogP) is 2.70. The van der Waals surface area contributed by atoms with E-state index in [1.54, 1.807) is 11.3 Å². The van der Waals surface area contributed by atoms with E-state index in [-0.39, 0.29) is 0 Å². The molecule has 122 valence electrons. The second-order valence-electron chi connectivity index (χ2n) is 6.40. The number of fused-ring (bicyclic) bond motifs is 1. The van der Waals surface area contributed by atoms with Crippen LogP contribution >= 0.6 is 11.3 Å². The molecule has 0 unspecified atom stereocenters. The number of rotatable bonds is 3. The third kappa shape index (κ3) is 2.92. The first kappa shape index (κ1) is 14.9. The van der Waals surface area contributed by atoms with E-state index in [0.717, 1.165) is 73.7 Å². The molecule has 0 spiro atoms. The molecule has 23 heavy (non-hydrogen) atoms. The maximum absolute atomic E-state index is 12.3. The lowest BCUT2D eigenvalue weighted by atomic mass is 10.3. The van der Waals surface area contributed by atoms with Gasteiger partial charge in [-0.05, 0) is 30.7 Å². The van der Waals surface area contributed by atoms with Gasteiger partial charge in [-0.2, -0.15) is 0 Å². The zero-order chi connectivity index (χ0) is 15.8. The molecular weight excluding hydrogens is 308 g/mol. The van der Waals surface area contributed by atoms with Crippen molar-refractivity contribution in [2.24, 2.45) is 5.92 Å². The van der Waals surface area contributed by atoms with Crippen molar-refractivity contribution in [3.63, 3.8) is 0 Å². The number of anilines is 1. The first-order valence-corrected chi connectivity index (χ1v) is 9.42. The second kappa shape index (κ2) is 6.07. The lowest BCUT2D eigenvalue weighted by Gasteiger charge is -2.23. The molecule has 0 atom stereocenters. The van der Waals surface area contributed by atoms with Crippen molar-refractivity contribution >= 4 is 33.3 Å². The van der Waals surface area contributed by atoms with Crippen LogP contribution in [0.5, 0.6) is 0 Å². The number of carbonyl (C=O) groups excluding carboxylic acids is 1. The van der Waals surface area contributed by atoms with Gasteiger partial charge in [-0.25, -0.2) is 9.97 Å². The van der Waals surface area contributed by atoms with E-state index in [2.05, 4.69) is 33.2 Å². The molecule has 2 aliphatic rings. The number of hydrogen-bond acceptors (Lipinski definition) is 5. The standard InChI is InChI=1S/C17H22N4OS/c1-2-14-18-15(13-6-11-23-16(13)19-14)20-7-3-8-21(10-9-20)17(22)12-4-5-12/h6,11-12H,2-5,7-10H2,1H3. The molecule has 1 aliphatic carbocycles. The third-order valence-electron chi connectivity index (χ3n) is 4.70. The minimum atomic E-state index is 0.316. The van der Waals surface area contributed by atoms with Crippen molar-refractivity contribution in [2.45, 2.75) is 32.6 Å². The van der Waals surface area contributed by atoms with Crippen molar-refractivity contribution in [2.75, 3.05) is 31.1 Å². The van der Waals surface area contributed by atoms with Crippen LogP contribution in [0.25, 0.3) is 10.2 Å². The van der Waals surface area contributed by atoms with Gasteiger partial charge in [0.1, 0.15) is 16.5 Å². The van der Waals surface area contributed by atoms with Crippen LogP contribution < -0.4 is 4.90 Å². The van der Waals surface area contributed by atoms with Gasteiger partial charge < -0.3 is 9.80 Å². The fraction of sp³-hybridized carbons (Fsp3) is 0.588. The van der Waals surface area contributed by atoms with Crippen LogP contribution in [0.15, 0.2) is 11.4 Å². The lowest BCUT2D eigenvalue weighted by Crippen LogP contribution is -2.36. The molecule has 2 aromatic heterocycles. The summed E-state index contributed by atoms with van der Waals surface area (Å²) >= 11 is 1.68. The summed E-state index contributed by atoms with van der Waals surface area (Å²) in [6.07, 6.45) is 4.03. The molecule has 4 rings (SSSR count). The molecule has 5 nitrogen and oxygen atoms in total. The van der Waals surface area contributed by atoms with Crippen LogP contribution in [0.3, 0.4) is 0 Å². The number of amides is 1. The van der Waals surface area contributed by atoms with Crippen molar-refractivity contribution in [3.8, 4) is 0 Å². The van der Waals surface area contributed by atoms with Crippen molar-refractivity contribution in [1.82, 2.24) is 14.9 Å². The van der Waals surface area contributed by atoms with E-state index in [0.29, 0.717) is 11.8 Å². The molecule has 1 saturated heterocycles. The van der Waals surface area contributed by atoms with Crippen LogP contribution in [0.1, 0.15) is 32.0 Å². The number of carbonyl (C=O) groups is 1. The largest absolute Gasteiger partial charge is 0.354 e. The van der Waals surface area contributed by atoms with Gasteiger partial charge in [0.2, 0.25) is 5.91 Å². The molecule has 2 aromatic rings. The predicted molar refractivity (Wildman–Crippen MR) is 92.9 cm³/mol. The quantitative estimate of drug-likeness (QED) is 0.868. The van der Waals surface area contributed by atoms with E-state index >= 15 is 0 Å². The summed E-state index contributed by atoms with van der Waals surface area (Å²) in [6.45, 7) is 5.61. The Hall–Kier alpha value is -1.69. The Morgan fingerprint density at radius 2 is 2.13 bits per heavy atom. The molecule has 3 heterocycles. The van der Waals surface area contributed by atoms with Gasteiger partial charge in [0.15, 0.2) is 0 Å². The topological polar surface area (TPSA) is 49.3 Å². The zero-order valence-corrected chi connectivity index (χ0v) is 14.3. The van der Waals surface area contributed by atoms with Gasteiger partial charge in [0.25, 0.3) is 0 Å². The van der Waals surface area contributed by atoms with E-state index in [9.17, 15) is 4.79 Å². The summed E-state index contributed by atoms with van der Waals surface area (Å²) < 4.78 is 0. The molecule has 1 saturated carbocycles. The Kier molecular flexibility index (Phi) is 3.93. The van der Waals surface area contributed by atoms with Gasteiger partial charge >= 0.3 is 0 Å². The Labute approximate surface area is 140 Å². The van der Waals surface area contributed by atoms with Crippen LogP contribution in [-0.4, -0.2) is 47.0 Å². The normalized spacial score (nSPS) is 19.2. The van der Waals surface area contributed by atoms with Gasteiger partial charge in [-0.1, -0.05) is 6.92 Å². The van der Waals surface area contributed by atoms with E-state index < -0.39 is 0 Å². The number of thiophene rings is 1. The van der Waals surface area contributed by atoms with Crippen LogP contribution in [0.2, 0.25) is 0 Å². The summed E-state index contributed by atoms with van der Waals surface area (Å²) in [6, 6.07) is 2.12. The summed E-state index contributed by atoms with van der Waals surface area (Å²) in [7, 11) is 0. The highest BCUT2D eigenvalue weighted by Crippen LogP contribution is 2.32. The number of aryl methyl sites for hydroxylation is 1. The minimum absolute atomic E-state index is 0.316. The molecule has 2 fully saturated rings. The molecule has 6 heteroatoms. The van der Waals surface area contributed by atoms with Crippen molar-refractivity contribution in [3.05, 3.63) is 17.3 Å². The second-order valence-corrected chi connectivity index (χ2v) is 7.29. The highest BCUT2D eigenvalue weighted by molar-refractivity contribution is 7.16. The van der Waals surface area contributed by atoms with Gasteiger partial charge in [0, 0.05) is 38.5 Å². The lowest BCUT2D eigenvalue weighted by molar-refractivity contribution is -0.132. The van der Waals surface area contributed by atoms with Crippen LogP contribution in [-0.2, 0) is 11.2 Å². The van der Waals surface area contributed by atoms with E-state index in [1.165, 1.54) is 0 Å². The summed E-state index contributed by atoms with van der Waals surface area (Å²) in [5, 5.41) is 3.23. The number of nitrogens with zero attached hydrogens (tertiary/aromatic N) is 4. The molecule has 1 aliphatic heterocycles. The fourth-order valence-corrected chi connectivity index (χ4v) is 4.00. The molecule has 0 bridgehead atoms. The van der Waals surface area contributed by atoms with Gasteiger partial charge in [-0.15, -0.1) is 11.3 Å². The van der Waals surface area contributed by atoms with Gasteiger partial charge in [0.05, 0.1) is 5.39 Å². The summed E-state index contributed by atoms with van der Waals surface area (Å²) in [5.41, 5.74) is 0. The van der Waals surface area contributed by atoms with Crippen molar-refractivity contribution in [1.29, 1.82) is 0 Å². The molecule has 0 N–H and O–H groups in total. The van der Waals surface area contributed by atoms with Crippen LogP contribution in [0, 0.1) is 5.92 Å². The van der Waals surface area contributed by atoms with Crippen molar-refractivity contribution < 1.29 is 4.79 Å². The Balaban J connectivity index is 1.58. The van der Waals surface area contributed by atoms with Crippen LogP contribution in [0.4, 0.5) is 5.82 Å². The Morgan fingerprint density at radius 3 is 2.91 bits per heavy atom. The average molecular weight is 330 g/mol. The van der Waals surface area contributed by atoms with E-state index in [1.807, 2.05) is 0 Å². The monoisotopic (exact) mass is 330 g/mol. The molecule has 0 aromatic carbocycles. The average Bonchev–Trinajstić information content (AvgIpc) is 3.35. The van der Waals surface area contributed by atoms with Gasteiger partial charge in [-0.3, -0.25) is 4.79 Å². The molecular formula is C17H22N4OS.